The summed E-state index contributed by atoms with van der Waals surface area (Å²) < 4.78 is 0. The zero-order chi connectivity index (χ0) is 7.52. The van der Waals surface area contributed by atoms with E-state index in [0.717, 1.165) is 0 Å². The van der Waals surface area contributed by atoms with E-state index in [0.29, 0.717) is 0 Å². The Bertz CT molecular complexity index is 179. The molecule has 2 heterocycles. The lowest BCUT2D eigenvalue weighted by molar-refractivity contribution is 0.816. The molecule has 0 aromatic rings. The molecule has 0 aromatic carbocycles. The molecule has 2 aliphatic rings. The van der Waals surface area contributed by atoms with Crippen LogP contribution in [0.4, 0.5) is 0 Å². The molecule has 0 aliphatic carbocycles. The van der Waals surface area contributed by atoms with Crippen LogP contribution in [-0.2, 0) is 0 Å². The van der Waals surface area contributed by atoms with Crippen molar-refractivity contribution in [2.75, 3.05) is 0 Å². The van der Waals surface area contributed by atoms with Crippen molar-refractivity contribution < 1.29 is 0 Å². The van der Waals surface area contributed by atoms with Gasteiger partial charge in [0.25, 0.3) is 0 Å². The zero-order valence-electron chi connectivity index (χ0n) is 7.10. The van der Waals surface area contributed by atoms with E-state index in [1.165, 1.54) is 45.8 Å². The van der Waals surface area contributed by atoms with Gasteiger partial charge < -0.3 is 0 Å². The van der Waals surface area contributed by atoms with Gasteiger partial charge in [-0.15, -0.1) is 10.9 Å². The molecule has 0 atom stereocenters. The number of hydrogen-bond acceptors (Lipinski definition) is 0. The molecule has 0 saturated heterocycles. The van der Waals surface area contributed by atoms with Crippen molar-refractivity contribution in [3.8, 4) is 0 Å². The number of allylic oxidation sites excluding steroid dienone is 4. The maximum atomic E-state index is 2.48. The lowest BCUT2D eigenvalue weighted by Crippen LogP contribution is -1.96. The molecule has 2 rings (SSSR count). The monoisotopic (exact) mass is 146 g/mol. The van der Waals surface area contributed by atoms with Crippen LogP contribution in [0.2, 0.25) is 0 Å². The van der Waals surface area contributed by atoms with Gasteiger partial charge in [-0.1, -0.05) is 12.2 Å². The molecular formula is C10H15B. The Balaban J connectivity index is 2.18. The first-order valence-corrected chi connectivity index (χ1v) is 4.81. The van der Waals surface area contributed by atoms with E-state index in [9.17, 15) is 0 Å². The quantitative estimate of drug-likeness (QED) is 0.460. The van der Waals surface area contributed by atoms with E-state index >= 15 is 0 Å². The second kappa shape index (κ2) is 3.29. The van der Waals surface area contributed by atoms with Gasteiger partial charge in [-0.3, -0.25) is 0 Å². The van der Waals surface area contributed by atoms with Crippen LogP contribution < -0.4 is 0 Å². The predicted molar refractivity (Wildman–Crippen MR) is 51.0 cm³/mol. The molecule has 0 fully saturated rings. The Morgan fingerprint density at radius 3 is 2.00 bits per heavy atom. The summed E-state index contributed by atoms with van der Waals surface area (Å²) in [6.07, 6.45) is 13.1. The highest BCUT2D eigenvalue weighted by molar-refractivity contribution is 6.54. The van der Waals surface area contributed by atoms with Gasteiger partial charge >= 0.3 is 0 Å². The summed E-state index contributed by atoms with van der Waals surface area (Å²) in [5, 5.41) is 0. The highest BCUT2D eigenvalue weighted by Crippen LogP contribution is 2.23. The lowest BCUT2D eigenvalue weighted by Gasteiger charge is -1.99. The first-order valence-electron chi connectivity index (χ1n) is 4.81. The Hall–Kier alpha value is -0.455. The summed E-state index contributed by atoms with van der Waals surface area (Å²) in [5.41, 5.74) is 3.43. The van der Waals surface area contributed by atoms with Gasteiger partial charge in [-0.05, 0) is 38.5 Å². The van der Waals surface area contributed by atoms with Crippen molar-refractivity contribution in [2.24, 2.45) is 0 Å². The van der Waals surface area contributed by atoms with Crippen molar-refractivity contribution in [3.05, 3.63) is 23.1 Å². The van der Waals surface area contributed by atoms with Crippen LogP contribution in [0.5, 0.6) is 0 Å². The van der Waals surface area contributed by atoms with Crippen molar-refractivity contribution in [3.63, 3.8) is 0 Å². The van der Waals surface area contributed by atoms with Gasteiger partial charge in [0.05, 0.1) is 0 Å². The molecule has 0 nitrogen and oxygen atoms in total. The van der Waals surface area contributed by atoms with E-state index in [1.54, 1.807) is 10.9 Å². The van der Waals surface area contributed by atoms with E-state index in [4.69, 9.17) is 0 Å². The molecule has 0 aromatic heterocycles. The molecule has 11 heavy (non-hydrogen) atoms. The van der Waals surface area contributed by atoms with E-state index in [2.05, 4.69) is 12.2 Å². The van der Waals surface area contributed by atoms with Crippen LogP contribution in [-0.4, -0.2) is 7.28 Å². The molecular weight excluding hydrogens is 131 g/mol. The molecule has 58 valence electrons. The topological polar surface area (TPSA) is 0 Å². The number of fused-ring (bicyclic) bond motifs is 2. The number of rotatable bonds is 0. The van der Waals surface area contributed by atoms with E-state index in [1.807, 2.05) is 0 Å². The van der Waals surface area contributed by atoms with Crippen molar-refractivity contribution in [1.29, 1.82) is 0 Å². The van der Waals surface area contributed by atoms with Gasteiger partial charge in [0.15, 0.2) is 7.28 Å². The fraction of sp³-hybridized carbons (Fsp3) is 0.600. The van der Waals surface area contributed by atoms with Gasteiger partial charge in [0.1, 0.15) is 0 Å². The standard InChI is InChI=1S/C10H15B/c1-2-6-10-8-4-3-7-9(5-1)11-10/h5,8,11H,1-4,6-7H2. The normalized spacial score (nSPS) is 24.0. The third kappa shape index (κ3) is 1.77. The number of hydrogen-bond donors (Lipinski definition) is 0. The van der Waals surface area contributed by atoms with Crippen molar-refractivity contribution in [2.45, 2.75) is 38.5 Å². The maximum Gasteiger partial charge on any atom is 0.180 e. The van der Waals surface area contributed by atoms with Crippen LogP contribution in [0.3, 0.4) is 0 Å². The van der Waals surface area contributed by atoms with Gasteiger partial charge in [0, 0.05) is 0 Å². The lowest BCUT2D eigenvalue weighted by atomic mass is 9.62. The summed E-state index contributed by atoms with van der Waals surface area (Å²) in [6.45, 7) is 0. The molecule has 0 saturated carbocycles. The second-order valence-corrected chi connectivity index (χ2v) is 3.69. The molecule has 0 spiro atoms. The zero-order valence-corrected chi connectivity index (χ0v) is 7.10. The molecule has 0 N–H and O–H groups in total. The minimum Gasteiger partial charge on any atom is -0.104 e. The fourth-order valence-corrected chi connectivity index (χ4v) is 2.09. The third-order valence-corrected chi connectivity index (χ3v) is 2.72. The minimum absolute atomic E-state index is 1.31. The fourth-order valence-electron chi connectivity index (χ4n) is 2.09. The summed E-state index contributed by atoms with van der Waals surface area (Å²) >= 11 is 0. The average Bonchev–Trinajstić information content (AvgIpc) is 2.36. The third-order valence-electron chi connectivity index (χ3n) is 2.72. The molecule has 0 unspecified atom stereocenters. The maximum absolute atomic E-state index is 2.48. The largest absolute Gasteiger partial charge is 0.180 e. The summed E-state index contributed by atoms with van der Waals surface area (Å²) in [6, 6.07) is 0. The van der Waals surface area contributed by atoms with Crippen LogP contribution in [0.1, 0.15) is 38.5 Å². The highest BCUT2D eigenvalue weighted by Gasteiger charge is 2.11. The minimum atomic E-state index is 1.31. The SMILES string of the molecule is B1C2=CCCCC1=CCCC2. The smallest absolute Gasteiger partial charge is 0.104 e. The highest BCUT2D eigenvalue weighted by atomic mass is 14.0. The Morgan fingerprint density at radius 2 is 1.45 bits per heavy atom. The summed E-state index contributed by atoms with van der Waals surface area (Å²) in [5.74, 6) is 0. The second-order valence-electron chi connectivity index (χ2n) is 3.69. The van der Waals surface area contributed by atoms with Crippen LogP contribution in [0, 0.1) is 0 Å². The Labute approximate surface area is 69.6 Å². The first-order chi connectivity index (χ1) is 5.45. The van der Waals surface area contributed by atoms with Crippen LogP contribution >= 0.6 is 0 Å². The summed E-state index contributed by atoms with van der Waals surface area (Å²) in [7, 11) is 1.31. The van der Waals surface area contributed by atoms with Crippen LogP contribution in [0.25, 0.3) is 0 Å². The predicted octanol–water partition coefficient (Wildman–Crippen LogP) is 2.56. The Morgan fingerprint density at radius 1 is 0.909 bits per heavy atom. The average molecular weight is 146 g/mol. The summed E-state index contributed by atoms with van der Waals surface area (Å²) in [4.78, 5) is 0. The molecule has 0 amide bonds. The van der Waals surface area contributed by atoms with Crippen LogP contribution in [0.15, 0.2) is 23.1 Å². The molecule has 2 aliphatic heterocycles. The van der Waals surface area contributed by atoms with Gasteiger partial charge in [-0.2, -0.15) is 0 Å². The van der Waals surface area contributed by atoms with E-state index < -0.39 is 0 Å². The first kappa shape index (κ1) is 7.21. The van der Waals surface area contributed by atoms with Gasteiger partial charge in [0.2, 0.25) is 0 Å². The molecule has 2 bridgehead atoms. The molecule has 1 heteroatoms. The van der Waals surface area contributed by atoms with Crippen molar-refractivity contribution in [1.82, 2.24) is 0 Å². The van der Waals surface area contributed by atoms with Gasteiger partial charge in [-0.25, -0.2) is 0 Å². The van der Waals surface area contributed by atoms with Crippen molar-refractivity contribution >= 4 is 7.28 Å². The molecule has 0 radical (unpaired) electrons. The Kier molecular flexibility index (Phi) is 2.16. The van der Waals surface area contributed by atoms with E-state index in [-0.39, 0.29) is 0 Å².